The number of hydrogen-bond acceptors (Lipinski definition) is 4. The largest absolute Gasteiger partial charge is 0.372 e. The number of aryl methyl sites for hydroxylation is 1. The monoisotopic (exact) mass is 455 g/mol. The highest BCUT2D eigenvalue weighted by molar-refractivity contribution is 7.88. The Morgan fingerprint density at radius 3 is 2.16 bits per heavy atom. The maximum absolute atomic E-state index is 12.8. The minimum Gasteiger partial charge on any atom is -0.372 e. The predicted octanol–water partition coefficient (Wildman–Crippen LogP) is 4.17. The van der Waals surface area contributed by atoms with Gasteiger partial charge in [-0.05, 0) is 68.9 Å². The number of nitrogens with zero attached hydrogens (tertiary/aromatic N) is 2. The second-order valence-electron chi connectivity index (χ2n) is 9.00. The smallest absolute Gasteiger partial charge is 0.227 e. The van der Waals surface area contributed by atoms with Gasteiger partial charge >= 0.3 is 0 Å². The van der Waals surface area contributed by atoms with Crippen molar-refractivity contribution in [2.75, 3.05) is 36.4 Å². The molecule has 0 atom stereocenters. The van der Waals surface area contributed by atoms with Crippen molar-refractivity contribution in [2.24, 2.45) is 5.92 Å². The van der Waals surface area contributed by atoms with Crippen molar-refractivity contribution in [2.45, 2.75) is 44.8 Å². The van der Waals surface area contributed by atoms with E-state index in [4.69, 9.17) is 0 Å². The molecule has 0 saturated carbocycles. The van der Waals surface area contributed by atoms with E-state index in [9.17, 15) is 13.2 Å². The molecule has 1 amide bonds. The first kappa shape index (κ1) is 22.8. The number of carbonyl (C=O) groups excluding carboxylic acids is 1. The fraction of sp³-hybridized carbons (Fsp3) is 0.480. The normalized spacial score (nSPS) is 18.5. The van der Waals surface area contributed by atoms with E-state index in [0.29, 0.717) is 25.9 Å². The van der Waals surface area contributed by atoms with E-state index in [2.05, 4.69) is 22.3 Å². The van der Waals surface area contributed by atoms with Crippen LogP contribution in [0.3, 0.4) is 0 Å². The molecule has 0 unspecified atom stereocenters. The van der Waals surface area contributed by atoms with Crippen LogP contribution in [0.1, 0.15) is 43.2 Å². The van der Waals surface area contributed by atoms with Gasteiger partial charge in [0.05, 0.1) is 5.75 Å². The molecular weight excluding hydrogens is 422 g/mol. The van der Waals surface area contributed by atoms with E-state index in [0.717, 1.165) is 29.9 Å². The van der Waals surface area contributed by atoms with Gasteiger partial charge in [-0.25, -0.2) is 12.7 Å². The summed E-state index contributed by atoms with van der Waals surface area (Å²) >= 11 is 0. The van der Waals surface area contributed by atoms with Gasteiger partial charge in [0.15, 0.2) is 0 Å². The zero-order valence-electron chi connectivity index (χ0n) is 18.8. The van der Waals surface area contributed by atoms with Gasteiger partial charge in [0, 0.05) is 43.5 Å². The van der Waals surface area contributed by atoms with Crippen LogP contribution in [0.4, 0.5) is 11.4 Å². The molecule has 172 valence electrons. The van der Waals surface area contributed by atoms with Crippen LogP contribution >= 0.6 is 0 Å². The van der Waals surface area contributed by atoms with Crippen LogP contribution in [-0.2, 0) is 20.6 Å². The summed E-state index contributed by atoms with van der Waals surface area (Å²) in [6, 6.07) is 15.7. The second-order valence-corrected chi connectivity index (χ2v) is 11.0. The molecule has 2 aromatic rings. The first-order chi connectivity index (χ1) is 15.4. The van der Waals surface area contributed by atoms with Crippen molar-refractivity contribution in [1.82, 2.24) is 4.31 Å². The third-order valence-electron chi connectivity index (χ3n) is 6.54. The average molecular weight is 456 g/mol. The standard InChI is InChI=1S/C25H33N3O3S/c1-20-5-7-21(8-6-20)19-32(30,31)28-17-13-22(14-18-28)25(29)26-23-9-11-24(12-10-23)27-15-3-2-4-16-27/h5-12,22H,2-4,13-19H2,1H3,(H,26,29). The zero-order chi connectivity index (χ0) is 22.6. The third-order valence-corrected chi connectivity index (χ3v) is 8.39. The molecule has 0 spiro atoms. The first-order valence-electron chi connectivity index (χ1n) is 11.6. The Morgan fingerprint density at radius 2 is 1.53 bits per heavy atom. The van der Waals surface area contributed by atoms with Crippen molar-refractivity contribution in [3.63, 3.8) is 0 Å². The van der Waals surface area contributed by atoms with Crippen molar-refractivity contribution in [3.05, 3.63) is 59.7 Å². The van der Waals surface area contributed by atoms with Gasteiger partial charge in [-0.15, -0.1) is 0 Å². The van der Waals surface area contributed by atoms with E-state index in [1.165, 1.54) is 29.3 Å². The topological polar surface area (TPSA) is 69.7 Å². The molecule has 0 aromatic heterocycles. The van der Waals surface area contributed by atoms with Gasteiger partial charge in [0.2, 0.25) is 15.9 Å². The highest BCUT2D eigenvalue weighted by atomic mass is 32.2. The van der Waals surface area contributed by atoms with Crippen molar-refractivity contribution < 1.29 is 13.2 Å². The molecule has 0 aliphatic carbocycles. The summed E-state index contributed by atoms with van der Waals surface area (Å²) in [5.41, 5.74) is 3.91. The lowest BCUT2D eigenvalue weighted by Crippen LogP contribution is -2.41. The molecule has 7 heteroatoms. The predicted molar refractivity (Wildman–Crippen MR) is 129 cm³/mol. The van der Waals surface area contributed by atoms with Crippen LogP contribution < -0.4 is 10.2 Å². The van der Waals surface area contributed by atoms with Crippen LogP contribution in [0.5, 0.6) is 0 Å². The van der Waals surface area contributed by atoms with Crippen molar-refractivity contribution in [3.8, 4) is 0 Å². The molecule has 2 fully saturated rings. The van der Waals surface area contributed by atoms with Gasteiger partial charge in [-0.2, -0.15) is 0 Å². The van der Waals surface area contributed by atoms with Gasteiger partial charge < -0.3 is 10.2 Å². The van der Waals surface area contributed by atoms with E-state index in [1.54, 1.807) is 0 Å². The summed E-state index contributed by atoms with van der Waals surface area (Å²) in [7, 11) is -3.38. The van der Waals surface area contributed by atoms with Crippen LogP contribution in [0.15, 0.2) is 48.5 Å². The minimum atomic E-state index is -3.38. The Balaban J connectivity index is 1.28. The summed E-state index contributed by atoms with van der Waals surface area (Å²) in [5, 5.41) is 3.02. The fourth-order valence-electron chi connectivity index (χ4n) is 4.53. The number of sulfonamides is 1. The summed E-state index contributed by atoms with van der Waals surface area (Å²) < 4.78 is 27.1. The summed E-state index contributed by atoms with van der Waals surface area (Å²) in [6.07, 6.45) is 4.86. The molecule has 1 N–H and O–H groups in total. The fourth-order valence-corrected chi connectivity index (χ4v) is 6.10. The Labute approximate surface area is 191 Å². The number of rotatable bonds is 6. The molecular formula is C25H33N3O3S. The molecule has 0 radical (unpaired) electrons. The van der Waals surface area contributed by atoms with Crippen LogP contribution in [0.25, 0.3) is 0 Å². The Bertz CT molecular complexity index is 1010. The first-order valence-corrected chi connectivity index (χ1v) is 13.2. The number of hydrogen-bond donors (Lipinski definition) is 1. The van der Waals surface area contributed by atoms with Crippen molar-refractivity contribution >= 4 is 27.3 Å². The maximum Gasteiger partial charge on any atom is 0.227 e. The Kier molecular flexibility index (Phi) is 7.16. The van der Waals surface area contributed by atoms with Gasteiger partial charge in [-0.1, -0.05) is 29.8 Å². The van der Waals surface area contributed by atoms with E-state index < -0.39 is 10.0 Å². The Hall–Kier alpha value is -2.38. The zero-order valence-corrected chi connectivity index (χ0v) is 19.6. The molecule has 4 rings (SSSR count). The number of piperidine rings is 2. The number of carbonyl (C=O) groups is 1. The van der Waals surface area contributed by atoms with Crippen LogP contribution in [0.2, 0.25) is 0 Å². The molecule has 6 nitrogen and oxygen atoms in total. The summed E-state index contributed by atoms with van der Waals surface area (Å²) in [4.78, 5) is 15.1. The summed E-state index contributed by atoms with van der Waals surface area (Å²) in [5.74, 6) is -0.179. The van der Waals surface area contributed by atoms with Crippen molar-refractivity contribution in [1.29, 1.82) is 0 Å². The maximum atomic E-state index is 12.8. The lowest BCUT2D eigenvalue weighted by molar-refractivity contribution is -0.120. The summed E-state index contributed by atoms with van der Waals surface area (Å²) in [6.45, 7) is 4.95. The minimum absolute atomic E-state index is 0.00745. The average Bonchev–Trinajstić information content (AvgIpc) is 2.81. The van der Waals surface area contributed by atoms with E-state index in [-0.39, 0.29) is 17.6 Å². The third kappa shape index (κ3) is 5.70. The van der Waals surface area contributed by atoms with Crippen LogP contribution in [0, 0.1) is 12.8 Å². The Morgan fingerprint density at radius 1 is 0.906 bits per heavy atom. The van der Waals surface area contributed by atoms with Gasteiger partial charge in [0.25, 0.3) is 0 Å². The van der Waals surface area contributed by atoms with E-state index in [1.807, 2.05) is 43.3 Å². The van der Waals surface area contributed by atoms with Gasteiger partial charge in [0.1, 0.15) is 0 Å². The number of nitrogens with one attached hydrogen (secondary N) is 1. The quantitative estimate of drug-likeness (QED) is 0.710. The highest BCUT2D eigenvalue weighted by Crippen LogP contribution is 2.25. The van der Waals surface area contributed by atoms with Gasteiger partial charge in [-0.3, -0.25) is 4.79 Å². The molecule has 2 saturated heterocycles. The SMILES string of the molecule is Cc1ccc(CS(=O)(=O)N2CCC(C(=O)Nc3ccc(N4CCCCC4)cc3)CC2)cc1. The number of amides is 1. The lowest BCUT2D eigenvalue weighted by Gasteiger charge is -2.31. The second kappa shape index (κ2) is 10.0. The molecule has 2 heterocycles. The molecule has 32 heavy (non-hydrogen) atoms. The van der Waals surface area contributed by atoms with Crippen LogP contribution in [-0.4, -0.2) is 44.8 Å². The molecule has 2 aliphatic rings. The van der Waals surface area contributed by atoms with E-state index >= 15 is 0 Å². The molecule has 2 aliphatic heterocycles. The highest BCUT2D eigenvalue weighted by Gasteiger charge is 2.31. The molecule has 2 aromatic carbocycles. The number of anilines is 2. The lowest BCUT2D eigenvalue weighted by atomic mass is 9.97. The molecule has 0 bridgehead atoms. The number of benzene rings is 2.